The van der Waals surface area contributed by atoms with Crippen LogP contribution in [0.2, 0.25) is 0 Å². The highest BCUT2D eigenvalue weighted by Crippen LogP contribution is 2.47. The van der Waals surface area contributed by atoms with Crippen molar-refractivity contribution in [3.8, 4) is 0 Å². The minimum Gasteiger partial charge on any atom is -0.345 e. The standard InChI is InChI=1S/C21H32N2O/c1-14-13-19(15(2)23(14)18-7-5-4-6-8-18)21(24)22(3)20(16-9-10-16)17-11-12-17/h13,16-18,20H,4-12H2,1-3H3. The van der Waals surface area contributed by atoms with Crippen LogP contribution in [0, 0.1) is 25.7 Å². The van der Waals surface area contributed by atoms with Gasteiger partial charge in [0, 0.05) is 30.5 Å². The van der Waals surface area contributed by atoms with Crippen LogP contribution in [0.15, 0.2) is 6.07 Å². The Balaban J connectivity index is 1.57. The number of amides is 1. The quantitative estimate of drug-likeness (QED) is 0.757. The summed E-state index contributed by atoms with van der Waals surface area (Å²) < 4.78 is 2.46. The van der Waals surface area contributed by atoms with Crippen molar-refractivity contribution < 1.29 is 4.79 Å². The fourth-order valence-corrected chi connectivity index (χ4v) is 5.11. The highest BCUT2D eigenvalue weighted by Gasteiger charge is 2.45. The summed E-state index contributed by atoms with van der Waals surface area (Å²) in [6.07, 6.45) is 11.8. The third kappa shape index (κ3) is 2.91. The van der Waals surface area contributed by atoms with E-state index < -0.39 is 0 Å². The molecule has 0 radical (unpaired) electrons. The van der Waals surface area contributed by atoms with E-state index in [-0.39, 0.29) is 5.91 Å². The Labute approximate surface area is 146 Å². The normalized spacial score (nSPS) is 22.2. The predicted octanol–water partition coefficient (Wildman–Crippen LogP) is 4.87. The van der Waals surface area contributed by atoms with Crippen LogP contribution in [-0.4, -0.2) is 28.5 Å². The zero-order chi connectivity index (χ0) is 16.8. The zero-order valence-corrected chi connectivity index (χ0v) is 15.6. The lowest BCUT2D eigenvalue weighted by atomic mass is 9.95. The second kappa shape index (κ2) is 6.24. The average Bonchev–Trinajstić information content (AvgIpc) is 3.49. The van der Waals surface area contributed by atoms with E-state index in [2.05, 4.69) is 36.4 Å². The number of nitrogens with zero attached hydrogens (tertiary/aromatic N) is 2. The van der Waals surface area contributed by atoms with Crippen molar-refractivity contribution in [2.24, 2.45) is 11.8 Å². The molecule has 0 aromatic carbocycles. The van der Waals surface area contributed by atoms with Crippen LogP contribution >= 0.6 is 0 Å². The van der Waals surface area contributed by atoms with E-state index in [4.69, 9.17) is 0 Å². The summed E-state index contributed by atoms with van der Waals surface area (Å²) in [5, 5.41) is 0. The summed E-state index contributed by atoms with van der Waals surface area (Å²) in [5.74, 6) is 1.80. The molecule has 4 rings (SSSR count). The van der Waals surface area contributed by atoms with E-state index in [9.17, 15) is 4.79 Å². The summed E-state index contributed by atoms with van der Waals surface area (Å²) in [5.41, 5.74) is 3.42. The van der Waals surface area contributed by atoms with Crippen LogP contribution in [0.25, 0.3) is 0 Å². The Hall–Kier alpha value is -1.25. The summed E-state index contributed by atoms with van der Waals surface area (Å²) in [6, 6.07) is 3.25. The van der Waals surface area contributed by atoms with Gasteiger partial charge < -0.3 is 9.47 Å². The number of rotatable bonds is 5. The first-order chi connectivity index (χ1) is 11.6. The lowest BCUT2D eigenvalue weighted by Crippen LogP contribution is -2.40. The second-order valence-corrected chi connectivity index (χ2v) is 8.53. The Morgan fingerprint density at radius 3 is 2.17 bits per heavy atom. The fraction of sp³-hybridized carbons (Fsp3) is 0.762. The SMILES string of the molecule is Cc1cc(C(=O)N(C)C(C2CC2)C2CC2)c(C)n1C1CCCCC1. The zero-order valence-electron chi connectivity index (χ0n) is 15.6. The van der Waals surface area contributed by atoms with Gasteiger partial charge >= 0.3 is 0 Å². The minimum absolute atomic E-state index is 0.258. The molecule has 1 heterocycles. The van der Waals surface area contributed by atoms with Crippen molar-refractivity contribution in [3.05, 3.63) is 23.0 Å². The number of carbonyl (C=O) groups excluding carboxylic acids is 1. The van der Waals surface area contributed by atoms with Crippen LogP contribution in [0.3, 0.4) is 0 Å². The molecule has 132 valence electrons. The summed E-state index contributed by atoms with van der Waals surface area (Å²) in [4.78, 5) is 15.3. The van der Waals surface area contributed by atoms with Gasteiger partial charge in [-0.25, -0.2) is 0 Å². The van der Waals surface area contributed by atoms with E-state index in [1.807, 2.05) is 0 Å². The highest BCUT2D eigenvalue weighted by atomic mass is 16.2. The van der Waals surface area contributed by atoms with E-state index in [0.717, 1.165) is 17.4 Å². The molecule has 0 unspecified atom stereocenters. The van der Waals surface area contributed by atoms with Gasteiger partial charge in [0.05, 0.1) is 5.56 Å². The average molecular weight is 329 g/mol. The molecule has 0 saturated heterocycles. The van der Waals surface area contributed by atoms with Gasteiger partial charge in [0.25, 0.3) is 5.91 Å². The smallest absolute Gasteiger partial charge is 0.255 e. The van der Waals surface area contributed by atoms with Gasteiger partial charge in [0.2, 0.25) is 0 Å². The molecule has 3 nitrogen and oxygen atoms in total. The molecule has 0 bridgehead atoms. The summed E-state index contributed by atoms with van der Waals surface area (Å²) in [6.45, 7) is 4.34. The number of hydrogen-bond acceptors (Lipinski definition) is 1. The molecule has 3 saturated carbocycles. The Morgan fingerprint density at radius 1 is 1.04 bits per heavy atom. The first kappa shape index (κ1) is 16.2. The maximum absolute atomic E-state index is 13.2. The van der Waals surface area contributed by atoms with Crippen LogP contribution in [0.1, 0.15) is 85.6 Å². The fourth-order valence-electron chi connectivity index (χ4n) is 5.11. The third-order valence-corrected chi connectivity index (χ3v) is 6.63. The Morgan fingerprint density at radius 2 is 1.62 bits per heavy atom. The molecular weight excluding hydrogens is 296 g/mol. The first-order valence-corrected chi connectivity index (χ1v) is 10.0. The highest BCUT2D eigenvalue weighted by molar-refractivity contribution is 5.95. The number of aryl methyl sites for hydroxylation is 1. The monoisotopic (exact) mass is 328 g/mol. The van der Waals surface area contributed by atoms with E-state index in [1.54, 1.807) is 0 Å². The number of carbonyl (C=O) groups is 1. The second-order valence-electron chi connectivity index (χ2n) is 8.53. The number of aromatic nitrogens is 1. The van der Waals surface area contributed by atoms with Crippen molar-refractivity contribution in [1.82, 2.24) is 9.47 Å². The molecule has 1 aromatic rings. The molecule has 3 fully saturated rings. The topological polar surface area (TPSA) is 25.2 Å². The van der Waals surface area contributed by atoms with Crippen LogP contribution in [0.4, 0.5) is 0 Å². The predicted molar refractivity (Wildman–Crippen MR) is 97.4 cm³/mol. The molecule has 0 N–H and O–H groups in total. The van der Waals surface area contributed by atoms with E-state index in [1.165, 1.54) is 69.2 Å². The van der Waals surface area contributed by atoms with Gasteiger partial charge in [-0.1, -0.05) is 19.3 Å². The number of hydrogen-bond donors (Lipinski definition) is 0. The van der Waals surface area contributed by atoms with Crippen molar-refractivity contribution >= 4 is 5.91 Å². The molecule has 1 aromatic heterocycles. The molecule has 24 heavy (non-hydrogen) atoms. The van der Waals surface area contributed by atoms with Gasteiger partial charge in [-0.3, -0.25) is 4.79 Å². The van der Waals surface area contributed by atoms with Gasteiger partial charge in [0.15, 0.2) is 0 Å². The molecule has 0 spiro atoms. The largest absolute Gasteiger partial charge is 0.345 e. The van der Waals surface area contributed by atoms with Crippen LogP contribution in [0.5, 0.6) is 0 Å². The maximum atomic E-state index is 13.2. The molecule has 0 aliphatic heterocycles. The van der Waals surface area contributed by atoms with Crippen molar-refractivity contribution in [1.29, 1.82) is 0 Å². The van der Waals surface area contributed by atoms with Crippen molar-refractivity contribution in [2.45, 2.75) is 83.7 Å². The van der Waals surface area contributed by atoms with Crippen molar-refractivity contribution in [2.75, 3.05) is 7.05 Å². The van der Waals surface area contributed by atoms with Crippen molar-refractivity contribution in [3.63, 3.8) is 0 Å². The Kier molecular flexibility index (Phi) is 4.22. The maximum Gasteiger partial charge on any atom is 0.255 e. The Bertz CT molecular complexity index is 606. The molecule has 1 amide bonds. The molecule has 3 aliphatic rings. The summed E-state index contributed by atoms with van der Waals surface area (Å²) in [7, 11) is 2.05. The molecule has 0 atom stereocenters. The van der Waals surface area contributed by atoms with E-state index >= 15 is 0 Å². The lowest BCUT2D eigenvalue weighted by molar-refractivity contribution is 0.0689. The molecular formula is C21H32N2O. The lowest BCUT2D eigenvalue weighted by Gasteiger charge is -2.29. The third-order valence-electron chi connectivity index (χ3n) is 6.63. The van der Waals surface area contributed by atoms with E-state index in [0.29, 0.717) is 12.1 Å². The van der Waals surface area contributed by atoms with Gasteiger partial charge in [0.1, 0.15) is 0 Å². The molecule has 3 aliphatic carbocycles. The van der Waals surface area contributed by atoms with Gasteiger partial charge in [-0.05, 0) is 70.3 Å². The molecule has 3 heteroatoms. The first-order valence-electron chi connectivity index (χ1n) is 10.0. The van der Waals surface area contributed by atoms with Gasteiger partial charge in [-0.15, -0.1) is 0 Å². The summed E-state index contributed by atoms with van der Waals surface area (Å²) >= 11 is 0. The van der Waals surface area contributed by atoms with Crippen LogP contribution < -0.4 is 0 Å². The minimum atomic E-state index is 0.258. The van der Waals surface area contributed by atoms with Crippen LogP contribution in [-0.2, 0) is 0 Å². The van der Waals surface area contributed by atoms with Gasteiger partial charge in [-0.2, -0.15) is 0 Å².